The Morgan fingerprint density at radius 1 is 1.38 bits per heavy atom. The number of carbonyl (C=O) groups is 2. The van der Waals surface area contributed by atoms with Crippen LogP contribution < -0.4 is 0 Å². The number of esters is 2. The van der Waals surface area contributed by atoms with Crippen molar-refractivity contribution in [3.63, 3.8) is 0 Å². The van der Waals surface area contributed by atoms with Crippen molar-refractivity contribution in [3.05, 3.63) is 12.2 Å². The van der Waals surface area contributed by atoms with Crippen LogP contribution in [0.3, 0.4) is 0 Å². The lowest BCUT2D eigenvalue weighted by Gasteiger charge is -2.25. The molecule has 90 valence electrons. The number of methoxy groups -OCH3 is 2. The van der Waals surface area contributed by atoms with Crippen molar-refractivity contribution in [1.29, 1.82) is 0 Å². The maximum atomic E-state index is 11.6. The van der Waals surface area contributed by atoms with Gasteiger partial charge in [-0.25, -0.2) is 9.59 Å². The van der Waals surface area contributed by atoms with E-state index in [1.54, 1.807) is 0 Å². The van der Waals surface area contributed by atoms with Crippen molar-refractivity contribution < 1.29 is 23.8 Å². The van der Waals surface area contributed by atoms with Crippen LogP contribution in [0.1, 0.15) is 19.3 Å². The Labute approximate surface area is 94.4 Å². The van der Waals surface area contributed by atoms with E-state index in [1.807, 2.05) is 0 Å². The van der Waals surface area contributed by atoms with Crippen molar-refractivity contribution >= 4 is 11.9 Å². The quantitative estimate of drug-likeness (QED) is 0.526. The second-order valence-electron chi connectivity index (χ2n) is 3.71. The minimum Gasteiger partial charge on any atom is -0.467 e. The van der Waals surface area contributed by atoms with Gasteiger partial charge in [-0.2, -0.15) is 0 Å². The number of ether oxygens (including phenoxy) is 3. The predicted molar refractivity (Wildman–Crippen MR) is 55.7 cm³/mol. The third kappa shape index (κ3) is 2.41. The van der Waals surface area contributed by atoms with Crippen LogP contribution in [0.25, 0.3) is 0 Å². The van der Waals surface area contributed by atoms with Gasteiger partial charge < -0.3 is 14.2 Å². The summed E-state index contributed by atoms with van der Waals surface area (Å²) < 4.78 is 14.6. The molecule has 0 aliphatic carbocycles. The SMILES string of the molecule is C=C(C[C@]1(C(=O)OC)CCCO1)C(=O)OC. The molecular weight excluding hydrogens is 212 g/mol. The molecule has 0 bridgehead atoms. The molecule has 0 radical (unpaired) electrons. The molecule has 1 heterocycles. The average Bonchev–Trinajstić information content (AvgIpc) is 2.76. The van der Waals surface area contributed by atoms with E-state index < -0.39 is 17.5 Å². The monoisotopic (exact) mass is 228 g/mol. The van der Waals surface area contributed by atoms with E-state index in [9.17, 15) is 9.59 Å². The first-order valence-corrected chi connectivity index (χ1v) is 5.04. The van der Waals surface area contributed by atoms with Crippen LogP contribution in [0, 0.1) is 0 Å². The van der Waals surface area contributed by atoms with Gasteiger partial charge in [0.1, 0.15) is 0 Å². The Morgan fingerprint density at radius 2 is 2.06 bits per heavy atom. The van der Waals surface area contributed by atoms with Gasteiger partial charge in [-0.3, -0.25) is 0 Å². The van der Waals surface area contributed by atoms with Crippen LogP contribution in [0.4, 0.5) is 0 Å². The zero-order valence-corrected chi connectivity index (χ0v) is 9.58. The van der Waals surface area contributed by atoms with Crippen molar-refractivity contribution in [3.8, 4) is 0 Å². The smallest absolute Gasteiger partial charge is 0.338 e. The van der Waals surface area contributed by atoms with Gasteiger partial charge in [0.15, 0.2) is 5.60 Å². The fourth-order valence-corrected chi connectivity index (χ4v) is 1.82. The lowest BCUT2D eigenvalue weighted by atomic mass is 9.92. The number of hydrogen-bond acceptors (Lipinski definition) is 5. The standard InChI is InChI=1S/C11H16O5/c1-8(9(12)14-2)7-11(10(13)15-3)5-4-6-16-11/h1,4-7H2,2-3H3/t11-/m0/s1. The molecule has 1 aliphatic rings. The van der Waals surface area contributed by atoms with Gasteiger partial charge in [-0.05, 0) is 12.8 Å². The van der Waals surface area contributed by atoms with Gasteiger partial charge in [0, 0.05) is 18.6 Å². The molecule has 0 aromatic heterocycles. The minimum absolute atomic E-state index is 0.117. The molecule has 1 atom stereocenters. The zero-order chi connectivity index (χ0) is 12.2. The summed E-state index contributed by atoms with van der Waals surface area (Å²) in [6, 6.07) is 0. The van der Waals surface area contributed by atoms with Crippen molar-refractivity contribution in [2.24, 2.45) is 0 Å². The fourth-order valence-electron chi connectivity index (χ4n) is 1.82. The van der Waals surface area contributed by atoms with Crippen molar-refractivity contribution in [1.82, 2.24) is 0 Å². The lowest BCUT2D eigenvalue weighted by molar-refractivity contribution is -0.164. The molecule has 0 unspecified atom stereocenters. The Bertz CT molecular complexity index is 301. The first-order chi connectivity index (χ1) is 7.55. The van der Waals surface area contributed by atoms with Crippen molar-refractivity contribution in [2.75, 3.05) is 20.8 Å². The Morgan fingerprint density at radius 3 is 2.50 bits per heavy atom. The molecule has 0 N–H and O–H groups in total. The zero-order valence-electron chi connectivity index (χ0n) is 9.58. The molecule has 0 aromatic carbocycles. The molecule has 1 saturated heterocycles. The molecule has 5 heteroatoms. The predicted octanol–water partition coefficient (Wildman–Crippen LogP) is 0.828. The second kappa shape index (κ2) is 5.12. The highest BCUT2D eigenvalue weighted by atomic mass is 16.6. The summed E-state index contributed by atoms with van der Waals surface area (Å²) in [5.41, 5.74) is -0.838. The van der Waals surface area contributed by atoms with E-state index >= 15 is 0 Å². The molecule has 1 fully saturated rings. The summed E-state index contributed by atoms with van der Waals surface area (Å²) >= 11 is 0. The van der Waals surface area contributed by atoms with E-state index in [2.05, 4.69) is 11.3 Å². The summed E-state index contributed by atoms with van der Waals surface area (Å²) in [4.78, 5) is 22.9. The molecule has 1 rings (SSSR count). The first-order valence-electron chi connectivity index (χ1n) is 5.04. The summed E-state index contributed by atoms with van der Waals surface area (Å²) in [5.74, 6) is -0.992. The molecule has 16 heavy (non-hydrogen) atoms. The van der Waals surface area contributed by atoms with Gasteiger partial charge in [0.05, 0.1) is 14.2 Å². The lowest BCUT2D eigenvalue weighted by Crippen LogP contribution is -2.40. The molecule has 1 aliphatic heterocycles. The number of hydrogen-bond donors (Lipinski definition) is 0. The topological polar surface area (TPSA) is 61.8 Å². The highest BCUT2D eigenvalue weighted by molar-refractivity contribution is 5.90. The largest absolute Gasteiger partial charge is 0.467 e. The van der Waals surface area contributed by atoms with Crippen LogP contribution in [0.15, 0.2) is 12.2 Å². The molecule has 0 aromatic rings. The highest BCUT2D eigenvalue weighted by Gasteiger charge is 2.45. The minimum atomic E-state index is -1.06. The van der Waals surface area contributed by atoms with Gasteiger partial charge in [0.25, 0.3) is 0 Å². The Kier molecular flexibility index (Phi) is 4.06. The van der Waals surface area contributed by atoms with Crippen LogP contribution >= 0.6 is 0 Å². The van der Waals surface area contributed by atoms with Crippen LogP contribution in [-0.4, -0.2) is 38.4 Å². The molecular formula is C11H16O5. The molecule has 0 amide bonds. The Hall–Kier alpha value is -1.36. The van der Waals surface area contributed by atoms with Crippen LogP contribution in [-0.2, 0) is 23.8 Å². The van der Waals surface area contributed by atoms with Gasteiger partial charge >= 0.3 is 11.9 Å². The second-order valence-corrected chi connectivity index (χ2v) is 3.71. The summed E-state index contributed by atoms with van der Waals surface area (Å²) in [5, 5.41) is 0. The van der Waals surface area contributed by atoms with E-state index in [0.717, 1.165) is 6.42 Å². The molecule has 0 saturated carbocycles. The third-order valence-electron chi connectivity index (χ3n) is 2.63. The third-order valence-corrected chi connectivity index (χ3v) is 2.63. The first kappa shape index (κ1) is 12.7. The summed E-state index contributed by atoms with van der Waals surface area (Å²) in [7, 11) is 2.57. The van der Waals surface area contributed by atoms with E-state index in [0.29, 0.717) is 13.0 Å². The molecule has 0 spiro atoms. The van der Waals surface area contributed by atoms with Crippen LogP contribution in [0.5, 0.6) is 0 Å². The number of carbonyl (C=O) groups excluding carboxylic acids is 2. The van der Waals surface area contributed by atoms with Gasteiger partial charge in [0.2, 0.25) is 0 Å². The maximum Gasteiger partial charge on any atom is 0.338 e. The number of rotatable bonds is 4. The average molecular weight is 228 g/mol. The fraction of sp³-hybridized carbons (Fsp3) is 0.636. The maximum absolute atomic E-state index is 11.6. The van der Waals surface area contributed by atoms with E-state index in [1.165, 1.54) is 14.2 Å². The normalized spacial score (nSPS) is 23.9. The van der Waals surface area contributed by atoms with Gasteiger partial charge in [-0.1, -0.05) is 6.58 Å². The van der Waals surface area contributed by atoms with Gasteiger partial charge in [-0.15, -0.1) is 0 Å². The summed E-state index contributed by atoms with van der Waals surface area (Å²) in [6.07, 6.45) is 1.42. The van der Waals surface area contributed by atoms with Crippen LogP contribution in [0.2, 0.25) is 0 Å². The van der Waals surface area contributed by atoms with E-state index in [4.69, 9.17) is 9.47 Å². The van der Waals surface area contributed by atoms with Crippen molar-refractivity contribution in [2.45, 2.75) is 24.9 Å². The molecule has 5 nitrogen and oxygen atoms in total. The van der Waals surface area contributed by atoms with E-state index in [-0.39, 0.29) is 12.0 Å². The Balaban J connectivity index is 2.76. The summed E-state index contributed by atoms with van der Waals surface area (Å²) in [6.45, 7) is 4.08. The highest BCUT2D eigenvalue weighted by Crippen LogP contribution is 2.33.